The molecule has 4 heteroatoms. The number of aromatic carboxylic acids is 1. The lowest BCUT2D eigenvalue weighted by molar-refractivity contribution is 0.0697. The Morgan fingerprint density at radius 3 is 2.72 bits per heavy atom. The number of halogens is 1. The summed E-state index contributed by atoms with van der Waals surface area (Å²) in [5, 5.41) is 8.92. The zero-order chi connectivity index (χ0) is 13.3. The van der Waals surface area contributed by atoms with E-state index < -0.39 is 5.97 Å². The predicted octanol–water partition coefficient (Wildman–Crippen LogP) is 3.38. The molecule has 18 heavy (non-hydrogen) atoms. The molecule has 0 aromatic heterocycles. The van der Waals surface area contributed by atoms with Crippen LogP contribution in [0.1, 0.15) is 36.2 Å². The van der Waals surface area contributed by atoms with Crippen LogP contribution < -0.4 is 0 Å². The van der Waals surface area contributed by atoms with Crippen LogP contribution in [0.25, 0.3) is 0 Å². The van der Waals surface area contributed by atoms with Gasteiger partial charge in [0.2, 0.25) is 0 Å². The SMILES string of the molecule is CC1(C)CCN(Cc2ccc(C(=O)O)cc2Br)C1. The average Bonchev–Trinajstić information content (AvgIpc) is 2.61. The lowest BCUT2D eigenvalue weighted by Gasteiger charge is -2.20. The van der Waals surface area contributed by atoms with Crippen LogP contribution in [-0.4, -0.2) is 29.1 Å². The second-order valence-corrected chi connectivity index (χ2v) is 6.59. The van der Waals surface area contributed by atoms with E-state index in [4.69, 9.17) is 5.11 Å². The number of carboxylic acids is 1. The van der Waals surface area contributed by atoms with Gasteiger partial charge in [0.15, 0.2) is 0 Å². The normalized spacial score (nSPS) is 19.1. The maximum Gasteiger partial charge on any atom is 0.335 e. The minimum Gasteiger partial charge on any atom is -0.478 e. The van der Waals surface area contributed by atoms with Crippen molar-refractivity contribution in [3.63, 3.8) is 0 Å². The highest BCUT2D eigenvalue weighted by Crippen LogP contribution is 2.31. The molecule has 1 aromatic carbocycles. The summed E-state index contributed by atoms with van der Waals surface area (Å²) in [6.45, 7) is 7.66. The van der Waals surface area contributed by atoms with E-state index in [0.29, 0.717) is 11.0 Å². The number of rotatable bonds is 3. The second-order valence-electron chi connectivity index (χ2n) is 5.74. The molecule has 0 saturated carbocycles. The highest BCUT2D eigenvalue weighted by Gasteiger charge is 2.29. The first-order valence-electron chi connectivity index (χ1n) is 6.11. The fourth-order valence-electron chi connectivity index (χ4n) is 2.41. The molecular weight excluding hydrogens is 294 g/mol. The molecule has 0 spiro atoms. The van der Waals surface area contributed by atoms with Gasteiger partial charge in [-0.3, -0.25) is 4.90 Å². The Bertz CT molecular complexity index is 471. The smallest absolute Gasteiger partial charge is 0.335 e. The van der Waals surface area contributed by atoms with E-state index in [9.17, 15) is 4.79 Å². The number of carboxylic acid groups (broad SMARTS) is 1. The van der Waals surface area contributed by atoms with Crippen LogP contribution in [-0.2, 0) is 6.54 Å². The number of benzene rings is 1. The molecule has 0 aliphatic carbocycles. The Morgan fingerprint density at radius 2 is 2.22 bits per heavy atom. The zero-order valence-electron chi connectivity index (χ0n) is 10.7. The predicted molar refractivity (Wildman–Crippen MR) is 74.8 cm³/mol. The van der Waals surface area contributed by atoms with Gasteiger partial charge in [0, 0.05) is 17.6 Å². The first-order valence-corrected chi connectivity index (χ1v) is 6.91. The fraction of sp³-hybridized carbons (Fsp3) is 0.500. The molecule has 3 nitrogen and oxygen atoms in total. The van der Waals surface area contributed by atoms with Crippen LogP contribution in [0.2, 0.25) is 0 Å². The minimum atomic E-state index is -0.885. The number of hydrogen-bond acceptors (Lipinski definition) is 2. The van der Waals surface area contributed by atoms with E-state index in [2.05, 4.69) is 34.7 Å². The lowest BCUT2D eigenvalue weighted by Crippen LogP contribution is -2.23. The Balaban J connectivity index is 2.09. The topological polar surface area (TPSA) is 40.5 Å². The van der Waals surface area contributed by atoms with Gasteiger partial charge in [0.1, 0.15) is 0 Å². The van der Waals surface area contributed by atoms with Gasteiger partial charge in [0.05, 0.1) is 5.56 Å². The monoisotopic (exact) mass is 311 g/mol. The summed E-state index contributed by atoms with van der Waals surface area (Å²) in [4.78, 5) is 13.3. The maximum absolute atomic E-state index is 10.9. The van der Waals surface area contributed by atoms with Gasteiger partial charge in [0.25, 0.3) is 0 Å². The Labute approximate surface area is 116 Å². The molecule has 0 radical (unpaired) electrons. The van der Waals surface area contributed by atoms with Crippen molar-refractivity contribution >= 4 is 21.9 Å². The molecule has 1 aromatic rings. The van der Waals surface area contributed by atoms with Crippen molar-refractivity contribution in [2.24, 2.45) is 5.41 Å². The second kappa shape index (κ2) is 5.02. The van der Waals surface area contributed by atoms with Crippen molar-refractivity contribution in [2.45, 2.75) is 26.8 Å². The van der Waals surface area contributed by atoms with Gasteiger partial charge in [-0.2, -0.15) is 0 Å². The van der Waals surface area contributed by atoms with Crippen molar-refractivity contribution in [1.29, 1.82) is 0 Å². The summed E-state index contributed by atoms with van der Waals surface area (Å²) in [6, 6.07) is 5.25. The van der Waals surface area contributed by atoms with Crippen molar-refractivity contribution < 1.29 is 9.90 Å². The van der Waals surface area contributed by atoms with Crippen LogP contribution in [0.3, 0.4) is 0 Å². The Kier molecular flexibility index (Phi) is 3.78. The van der Waals surface area contributed by atoms with E-state index in [-0.39, 0.29) is 0 Å². The maximum atomic E-state index is 10.9. The molecule has 1 saturated heterocycles. The van der Waals surface area contributed by atoms with Gasteiger partial charge < -0.3 is 5.11 Å². The number of hydrogen-bond donors (Lipinski definition) is 1. The minimum absolute atomic E-state index is 0.326. The summed E-state index contributed by atoms with van der Waals surface area (Å²) >= 11 is 3.46. The average molecular weight is 312 g/mol. The quantitative estimate of drug-likeness (QED) is 0.930. The Morgan fingerprint density at radius 1 is 1.50 bits per heavy atom. The molecule has 2 rings (SSSR count). The first-order chi connectivity index (χ1) is 8.37. The molecule has 1 aliphatic rings. The van der Waals surface area contributed by atoms with Gasteiger partial charge in [-0.15, -0.1) is 0 Å². The summed E-state index contributed by atoms with van der Waals surface area (Å²) in [7, 11) is 0. The summed E-state index contributed by atoms with van der Waals surface area (Å²) in [6.07, 6.45) is 1.22. The molecule has 0 unspecified atom stereocenters. The van der Waals surface area contributed by atoms with Crippen molar-refractivity contribution in [3.8, 4) is 0 Å². The van der Waals surface area contributed by atoms with E-state index in [1.165, 1.54) is 6.42 Å². The van der Waals surface area contributed by atoms with Gasteiger partial charge in [-0.05, 0) is 36.1 Å². The molecule has 1 aliphatic heterocycles. The van der Waals surface area contributed by atoms with E-state index >= 15 is 0 Å². The zero-order valence-corrected chi connectivity index (χ0v) is 12.3. The largest absolute Gasteiger partial charge is 0.478 e. The molecule has 0 amide bonds. The molecule has 1 heterocycles. The van der Waals surface area contributed by atoms with Gasteiger partial charge in [-0.25, -0.2) is 4.79 Å². The molecule has 1 fully saturated rings. The fourth-order valence-corrected chi connectivity index (χ4v) is 2.91. The molecule has 0 bridgehead atoms. The Hall–Kier alpha value is -0.870. The van der Waals surface area contributed by atoms with Crippen molar-refractivity contribution in [1.82, 2.24) is 4.90 Å². The highest BCUT2D eigenvalue weighted by atomic mass is 79.9. The van der Waals surface area contributed by atoms with Crippen LogP contribution in [0.15, 0.2) is 22.7 Å². The molecule has 98 valence electrons. The van der Waals surface area contributed by atoms with E-state index in [1.54, 1.807) is 12.1 Å². The molecule has 1 N–H and O–H groups in total. The standard InChI is InChI=1S/C14H18BrNO2/c1-14(2)5-6-16(9-14)8-11-4-3-10(13(17)18)7-12(11)15/h3-4,7H,5-6,8-9H2,1-2H3,(H,17,18). The van der Waals surface area contributed by atoms with Crippen molar-refractivity contribution in [2.75, 3.05) is 13.1 Å². The van der Waals surface area contributed by atoms with Crippen LogP contribution in [0, 0.1) is 5.41 Å². The highest BCUT2D eigenvalue weighted by molar-refractivity contribution is 9.10. The molecular formula is C14H18BrNO2. The van der Waals surface area contributed by atoms with Gasteiger partial charge >= 0.3 is 5.97 Å². The number of likely N-dealkylation sites (tertiary alicyclic amines) is 1. The third-order valence-corrected chi connectivity index (χ3v) is 4.19. The summed E-state index contributed by atoms with van der Waals surface area (Å²) in [5.74, 6) is -0.885. The van der Waals surface area contributed by atoms with Crippen molar-refractivity contribution in [3.05, 3.63) is 33.8 Å². The van der Waals surface area contributed by atoms with Crippen LogP contribution >= 0.6 is 15.9 Å². The molecule has 0 atom stereocenters. The van der Waals surface area contributed by atoms with Gasteiger partial charge in [-0.1, -0.05) is 35.8 Å². The van der Waals surface area contributed by atoms with E-state index in [0.717, 1.165) is 29.7 Å². The van der Waals surface area contributed by atoms with Crippen LogP contribution in [0.5, 0.6) is 0 Å². The third kappa shape index (κ3) is 3.12. The summed E-state index contributed by atoms with van der Waals surface area (Å²) in [5.41, 5.74) is 1.87. The lowest BCUT2D eigenvalue weighted by atomic mass is 9.93. The third-order valence-electron chi connectivity index (χ3n) is 3.45. The first kappa shape index (κ1) is 13.6. The van der Waals surface area contributed by atoms with Crippen LogP contribution in [0.4, 0.5) is 0 Å². The number of carbonyl (C=O) groups is 1. The van der Waals surface area contributed by atoms with E-state index in [1.807, 2.05) is 6.07 Å². The summed E-state index contributed by atoms with van der Waals surface area (Å²) < 4.78 is 0.882. The number of nitrogens with zero attached hydrogens (tertiary/aromatic N) is 1.